The number of nitrogens with one attached hydrogen (secondary N) is 1. The number of alkyl halides is 3. The number of rotatable bonds is 3. The monoisotopic (exact) mass is 363 g/mol. The summed E-state index contributed by atoms with van der Waals surface area (Å²) in [6.45, 7) is 0. The Kier molecular flexibility index (Phi) is 4.60. The normalized spacial score (nSPS) is 13.2. The first-order valence-corrected chi connectivity index (χ1v) is 6.56. The fourth-order valence-corrected chi connectivity index (χ4v) is 2.09. The van der Waals surface area contributed by atoms with E-state index in [0.717, 1.165) is 10.5 Å². The number of nitrogens with two attached hydrogens (primary N) is 1. The van der Waals surface area contributed by atoms with Crippen LogP contribution in [0.4, 0.5) is 17.6 Å². The second-order valence-corrected chi connectivity index (χ2v) is 5.15. The van der Waals surface area contributed by atoms with Gasteiger partial charge in [-0.2, -0.15) is 13.2 Å². The van der Waals surface area contributed by atoms with E-state index < -0.39 is 23.6 Å². The van der Waals surface area contributed by atoms with E-state index >= 15 is 0 Å². The highest BCUT2D eigenvalue weighted by Gasteiger charge is 2.34. The summed E-state index contributed by atoms with van der Waals surface area (Å²) < 4.78 is 51.9. The molecule has 0 bridgehead atoms. The second-order valence-electron chi connectivity index (χ2n) is 4.24. The fourth-order valence-electron chi connectivity index (χ4n) is 1.85. The first-order chi connectivity index (χ1) is 9.82. The molecule has 21 heavy (non-hydrogen) atoms. The number of hydrogen-bond donors (Lipinski definition) is 2. The molecule has 2 rings (SSSR count). The quantitative estimate of drug-likeness (QED) is 0.498. The molecular formula is C13H10BrF4N3. The number of halogens is 5. The molecule has 1 unspecified atom stereocenters. The molecule has 1 aromatic heterocycles. The molecule has 0 amide bonds. The third-order valence-electron chi connectivity index (χ3n) is 2.84. The number of nitrogens with zero attached hydrogens (tertiary/aromatic N) is 1. The number of aromatic nitrogens is 1. The lowest BCUT2D eigenvalue weighted by atomic mass is 10.0. The van der Waals surface area contributed by atoms with Crippen molar-refractivity contribution in [1.29, 1.82) is 0 Å². The molecule has 0 saturated heterocycles. The van der Waals surface area contributed by atoms with Crippen molar-refractivity contribution in [3.63, 3.8) is 0 Å². The van der Waals surface area contributed by atoms with E-state index in [-0.39, 0.29) is 5.56 Å². The van der Waals surface area contributed by atoms with E-state index in [1.165, 1.54) is 12.3 Å². The summed E-state index contributed by atoms with van der Waals surface area (Å²) in [7, 11) is 0. The van der Waals surface area contributed by atoms with Crippen LogP contribution in [-0.2, 0) is 6.18 Å². The third kappa shape index (κ3) is 3.58. The Balaban J connectivity index is 2.40. The number of benzene rings is 1. The van der Waals surface area contributed by atoms with Crippen molar-refractivity contribution in [3.05, 3.63) is 63.6 Å². The largest absolute Gasteiger partial charge is 0.419 e. The zero-order valence-electron chi connectivity index (χ0n) is 10.5. The van der Waals surface area contributed by atoms with Gasteiger partial charge in [-0.1, -0.05) is 6.07 Å². The van der Waals surface area contributed by atoms with Gasteiger partial charge in [0.15, 0.2) is 0 Å². The van der Waals surface area contributed by atoms with Crippen molar-refractivity contribution in [2.75, 3.05) is 0 Å². The molecule has 2 aromatic rings. The molecule has 0 aliphatic carbocycles. The molecule has 1 heterocycles. The highest BCUT2D eigenvalue weighted by molar-refractivity contribution is 9.10. The van der Waals surface area contributed by atoms with Crippen molar-refractivity contribution in [2.45, 2.75) is 12.2 Å². The van der Waals surface area contributed by atoms with Crippen LogP contribution in [-0.4, -0.2) is 4.98 Å². The molecule has 0 fully saturated rings. The van der Waals surface area contributed by atoms with Gasteiger partial charge in [-0.05, 0) is 45.8 Å². The molecule has 0 saturated carbocycles. The molecule has 0 radical (unpaired) electrons. The van der Waals surface area contributed by atoms with E-state index in [4.69, 9.17) is 5.84 Å². The van der Waals surface area contributed by atoms with Gasteiger partial charge in [0.2, 0.25) is 0 Å². The molecule has 0 aliphatic heterocycles. The van der Waals surface area contributed by atoms with E-state index in [2.05, 4.69) is 26.3 Å². The predicted octanol–water partition coefficient (Wildman–Crippen LogP) is 3.55. The summed E-state index contributed by atoms with van der Waals surface area (Å²) in [6.07, 6.45) is -3.22. The molecule has 1 atom stereocenters. The topological polar surface area (TPSA) is 50.9 Å². The van der Waals surface area contributed by atoms with E-state index in [1.54, 1.807) is 12.1 Å². The molecule has 1 aromatic carbocycles. The van der Waals surface area contributed by atoms with Crippen LogP contribution in [0.5, 0.6) is 0 Å². The Labute approximate surface area is 126 Å². The van der Waals surface area contributed by atoms with Gasteiger partial charge in [-0.25, -0.2) is 9.82 Å². The number of pyridine rings is 1. The van der Waals surface area contributed by atoms with E-state index in [0.29, 0.717) is 11.8 Å². The maximum absolute atomic E-state index is 13.6. The summed E-state index contributed by atoms with van der Waals surface area (Å²) in [4.78, 5) is 4.09. The highest BCUT2D eigenvalue weighted by atomic mass is 79.9. The smallest absolute Gasteiger partial charge is 0.271 e. The minimum absolute atomic E-state index is 0.248. The fraction of sp³-hybridized carbons (Fsp3) is 0.154. The van der Waals surface area contributed by atoms with Crippen molar-refractivity contribution in [3.8, 4) is 0 Å². The summed E-state index contributed by atoms with van der Waals surface area (Å²) in [5.74, 6) is 4.05. The maximum atomic E-state index is 13.6. The first kappa shape index (κ1) is 15.9. The Morgan fingerprint density at radius 3 is 2.38 bits per heavy atom. The standard InChI is InChI=1S/C13H10BrF4N3/c14-8-2-4-11(20-6-8)12(21-19)7-1-3-9(10(15)5-7)13(16,17)18/h1-6,12,21H,19H2. The zero-order valence-corrected chi connectivity index (χ0v) is 12.0. The van der Waals surface area contributed by atoms with Gasteiger partial charge in [0.1, 0.15) is 5.82 Å². The van der Waals surface area contributed by atoms with Gasteiger partial charge in [0.25, 0.3) is 0 Å². The number of hydrazine groups is 1. The Morgan fingerprint density at radius 1 is 1.19 bits per heavy atom. The van der Waals surface area contributed by atoms with Crippen LogP contribution in [0, 0.1) is 5.82 Å². The Bertz CT molecular complexity index is 628. The summed E-state index contributed by atoms with van der Waals surface area (Å²) >= 11 is 3.22. The molecule has 3 nitrogen and oxygen atoms in total. The Hall–Kier alpha value is -1.51. The van der Waals surface area contributed by atoms with Crippen LogP contribution < -0.4 is 11.3 Å². The summed E-state index contributed by atoms with van der Waals surface area (Å²) in [6, 6.07) is 5.28. The number of hydrogen-bond acceptors (Lipinski definition) is 3. The van der Waals surface area contributed by atoms with Crippen LogP contribution >= 0.6 is 15.9 Å². The highest BCUT2D eigenvalue weighted by Crippen LogP contribution is 2.33. The van der Waals surface area contributed by atoms with Crippen molar-refractivity contribution in [1.82, 2.24) is 10.4 Å². The van der Waals surface area contributed by atoms with Gasteiger partial charge < -0.3 is 0 Å². The first-order valence-electron chi connectivity index (χ1n) is 5.77. The molecular weight excluding hydrogens is 354 g/mol. The minimum atomic E-state index is -4.73. The minimum Gasteiger partial charge on any atom is -0.271 e. The van der Waals surface area contributed by atoms with Gasteiger partial charge >= 0.3 is 6.18 Å². The lowest BCUT2D eigenvalue weighted by Crippen LogP contribution is -2.29. The van der Waals surface area contributed by atoms with E-state index in [1.807, 2.05) is 0 Å². The zero-order chi connectivity index (χ0) is 15.6. The van der Waals surface area contributed by atoms with Crippen molar-refractivity contribution in [2.24, 2.45) is 5.84 Å². The Morgan fingerprint density at radius 2 is 1.90 bits per heavy atom. The molecule has 0 spiro atoms. The summed E-state index contributed by atoms with van der Waals surface area (Å²) in [5, 5.41) is 0. The van der Waals surface area contributed by atoms with Crippen LogP contribution in [0.2, 0.25) is 0 Å². The average molecular weight is 364 g/mol. The predicted molar refractivity (Wildman–Crippen MR) is 72.5 cm³/mol. The lowest BCUT2D eigenvalue weighted by Gasteiger charge is -2.17. The third-order valence-corrected chi connectivity index (χ3v) is 3.31. The van der Waals surface area contributed by atoms with E-state index in [9.17, 15) is 17.6 Å². The lowest BCUT2D eigenvalue weighted by molar-refractivity contribution is -0.140. The van der Waals surface area contributed by atoms with Crippen molar-refractivity contribution >= 4 is 15.9 Å². The van der Waals surface area contributed by atoms with Crippen LogP contribution in [0.15, 0.2) is 41.0 Å². The summed E-state index contributed by atoms with van der Waals surface area (Å²) in [5.41, 5.74) is 1.81. The molecule has 8 heteroatoms. The SMILES string of the molecule is NNC(c1ccc(C(F)(F)F)c(F)c1)c1ccc(Br)cn1. The molecule has 112 valence electrons. The average Bonchev–Trinajstić information content (AvgIpc) is 2.40. The van der Waals surface area contributed by atoms with Crippen LogP contribution in [0.1, 0.15) is 22.9 Å². The van der Waals surface area contributed by atoms with Crippen LogP contribution in [0.25, 0.3) is 0 Å². The second kappa shape index (κ2) is 6.08. The molecule has 0 aliphatic rings. The van der Waals surface area contributed by atoms with Crippen LogP contribution in [0.3, 0.4) is 0 Å². The van der Waals surface area contributed by atoms with Gasteiger partial charge in [-0.3, -0.25) is 10.8 Å². The van der Waals surface area contributed by atoms with Crippen molar-refractivity contribution < 1.29 is 17.6 Å². The van der Waals surface area contributed by atoms with Gasteiger partial charge in [0.05, 0.1) is 17.3 Å². The van der Waals surface area contributed by atoms with Gasteiger partial charge in [-0.15, -0.1) is 0 Å². The van der Waals surface area contributed by atoms with Gasteiger partial charge in [0, 0.05) is 10.7 Å². The molecule has 3 N–H and O–H groups in total. The maximum Gasteiger partial charge on any atom is 0.419 e.